The van der Waals surface area contributed by atoms with Gasteiger partial charge in [-0.15, -0.1) is 24.8 Å². The summed E-state index contributed by atoms with van der Waals surface area (Å²) in [5, 5.41) is 0. The first-order valence-corrected chi connectivity index (χ1v) is 9.00. The molecule has 0 radical (unpaired) electrons. The Bertz CT molecular complexity index is 857. The number of pyridine rings is 1. The average Bonchev–Trinajstić information content (AvgIpc) is 2.70. The Morgan fingerprint density at radius 1 is 0.793 bits per heavy atom. The van der Waals surface area contributed by atoms with Crippen LogP contribution >= 0.6 is 24.8 Å². The third kappa shape index (κ3) is 6.41. The van der Waals surface area contributed by atoms with Gasteiger partial charge in [-0.3, -0.25) is 9.88 Å². The van der Waals surface area contributed by atoms with E-state index in [9.17, 15) is 4.39 Å². The van der Waals surface area contributed by atoms with Crippen LogP contribution in [-0.2, 0) is 6.54 Å². The van der Waals surface area contributed by atoms with Gasteiger partial charge < -0.3 is 10.4 Å². The van der Waals surface area contributed by atoms with Crippen molar-refractivity contribution in [2.45, 2.75) is 6.54 Å². The molecule has 0 saturated carbocycles. The first-order chi connectivity index (χ1) is 12.8. The third-order valence-electron chi connectivity index (χ3n) is 4.87. The van der Waals surface area contributed by atoms with Gasteiger partial charge in [-0.25, -0.2) is 4.39 Å². The second-order valence-corrected chi connectivity index (χ2v) is 6.69. The number of hydrogen-bond acceptors (Lipinski definition) is 3. The van der Waals surface area contributed by atoms with Gasteiger partial charge in [0.2, 0.25) is 0 Å². The molecule has 0 aliphatic carbocycles. The van der Waals surface area contributed by atoms with Crippen molar-refractivity contribution < 1.29 is 9.87 Å². The molecule has 29 heavy (non-hydrogen) atoms. The normalized spacial score (nSPS) is 13.6. The maximum absolute atomic E-state index is 13.1. The second-order valence-electron chi connectivity index (χ2n) is 6.69. The quantitative estimate of drug-likeness (QED) is 0.613. The van der Waals surface area contributed by atoms with Crippen LogP contribution in [0.4, 0.5) is 10.1 Å². The highest BCUT2D eigenvalue weighted by Gasteiger charge is 2.17. The zero-order valence-electron chi connectivity index (χ0n) is 16.0. The topological polar surface area (TPSA) is 50.9 Å². The molecule has 1 saturated heterocycles. The number of halogens is 3. The lowest BCUT2D eigenvalue weighted by Gasteiger charge is -2.36. The van der Waals surface area contributed by atoms with Crippen LogP contribution in [0.2, 0.25) is 0 Å². The molecule has 1 aliphatic rings. The molecule has 4 nitrogen and oxygen atoms in total. The van der Waals surface area contributed by atoms with E-state index in [1.54, 1.807) is 12.1 Å². The molecule has 3 aromatic rings. The fourth-order valence-electron chi connectivity index (χ4n) is 3.44. The lowest BCUT2D eigenvalue weighted by molar-refractivity contribution is 0.249. The maximum atomic E-state index is 13.1. The largest absolute Gasteiger partial charge is 0.412 e. The van der Waals surface area contributed by atoms with E-state index in [-0.39, 0.29) is 36.1 Å². The first-order valence-electron chi connectivity index (χ1n) is 9.00. The van der Waals surface area contributed by atoms with Crippen LogP contribution in [0.3, 0.4) is 0 Å². The Morgan fingerprint density at radius 3 is 2.10 bits per heavy atom. The van der Waals surface area contributed by atoms with Gasteiger partial charge in [0.25, 0.3) is 0 Å². The van der Waals surface area contributed by atoms with Crippen molar-refractivity contribution in [2.75, 3.05) is 31.1 Å². The predicted molar refractivity (Wildman–Crippen MR) is 122 cm³/mol. The molecule has 0 bridgehead atoms. The Labute approximate surface area is 183 Å². The van der Waals surface area contributed by atoms with Gasteiger partial charge >= 0.3 is 0 Å². The van der Waals surface area contributed by atoms with Crippen LogP contribution < -0.4 is 4.90 Å². The van der Waals surface area contributed by atoms with Gasteiger partial charge in [-0.1, -0.05) is 30.3 Å². The van der Waals surface area contributed by atoms with E-state index in [4.69, 9.17) is 0 Å². The molecular formula is C22H26Cl2FN3O. The summed E-state index contributed by atoms with van der Waals surface area (Å²) in [4.78, 5) is 9.28. The monoisotopic (exact) mass is 437 g/mol. The number of benzene rings is 2. The second kappa shape index (κ2) is 11.7. The molecule has 2 N–H and O–H groups in total. The van der Waals surface area contributed by atoms with Crippen LogP contribution in [0, 0.1) is 5.82 Å². The standard InChI is InChI=1S/C22H22FN3.2ClH.H2O/c23-21-8-6-19(7-9-21)20-14-18(15-24-16-20)17-25-10-12-26(13-11-25)22-4-2-1-3-5-22;;;/h1-9,14-16H,10-13,17H2;2*1H;1H2. The van der Waals surface area contributed by atoms with E-state index in [1.165, 1.54) is 23.4 Å². The smallest absolute Gasteiger partial charge is 0.123 e. The van der Waals surface area contributed by atoms with Crippen molar-refractivity contribution in [3.8, 4) is 11.1 Å². The van der Waals surface area contributed by atoms with Crippen molar-refractivity contribution in [3.05, 3.63) is 84.4 Å². The Kier molecular flexibility index (Phi) is 10.1. The van der Waals surface area contributed by atoms with Gasteiger partial charge in [0, 0.05) is 56.4 Å². The molecule has 4 rings (SSSR count). The van der Waals surface area contributed by atoms with Crippen molar-refractivity contribution >= 4 is 30.5 Å². The van der Waals surface area contributed by atoms with Crippen LogP contribution in [0.15, 0.2) is 73.1 Å². The number of aromatic nitrogens is 1. The summed E-state index contributed by atoms with van der Waals surface area (Å²) in [6.07, 6.45) is 3.76. The number of hydrogen-bond donors (Lipinski definition) is 0. The van der Waals surface area contributed by atoms with Gasteiger partial charge in [0.15, 0.2) is 0 Å². The molecule has 0 spiro atoms. The summed E-state index contributed by atoms with van der Waals surface area (Å²) in [7, 11) is 0. The Morgan fingerprint density at radius 2 is 1.45 bits per heavy atom. The van der Waals surface area contributed by atoms with Crippen LogP contribution in [0.1, 0.15) is 5.56 Å². The summed E-state index contributed by atoms with van der Waals surface area (Å²) < 4.78 is 13.1. The highest BCUT2D eigenvalue weighted by atomic mass is 35.5. The molecule has 1 aliphatic heterocycles. The highest BCUT2D eigenvalue weighted by molar-refractivity contribution is 5.85. The highest BCUT2D eigenvalue weighted by Crippen LogP contribution is 2.21. The number of rotatable bonds is 4. The number of para-hydroxylation sites is 1. The fourth-order valence-corrected chi connectivity index (χ4v) is 3.44. The minimum Gasteiger partial charge on any atom is -0.412 e. The minimum atomic E-state index is -0.214. The predicted octanol–water partition coefficient (Wildman–Crippen LogP) is 4.23. The summed E-state index contributed by atoms with van der Waals surface area (Å²) in [6, 6.07) is 19.3. The van der Waals surface area contributed by atoms with E-state index < -0.39 is 0 Å². The molecule has 1 aromatic heterocycles. The minimum absolute atomic E-state index is 0. The Hall–Kier alpha value is -2.18. The van der Waals surface area contributed by atoms with Crippen molar-refractivity contribution in [1.29, 1.82) is 0 Å². The van der Waals surface area contributed by atoms with Gasteiger partial charge in [-0.05, 0) is 41.5 Å². The molecular weight excluding hydrogens is 412 g/mol. The SMILES string of the molecule is Cl.Cl.Fc1ccc(-c2cncc(CN3CCN(c4ccccc4)CC3)c2)cc1.O. The maximum Gasteiger partial charge on any atom is 0.123 e. The van der Waals surface area contributed by atoms with E-state index in [0.29, 0.717) is 0 Å². The average molecular weight is 438 g/mol. The molecule has 0 amide bonds. The van der Waals surface area contributed by atoms with Crippen LogP contribution in [-0.4, -0.2) is 41.5 Å². The molecule has 1 fully saturated rings. The van der Waals surface area contributed by atoms with Gasteiger partial charge in [-0.2, -0.15) is 0 Å². The number of piperazine rings is 1. The zero-order valence-corrected chi connectivity index (χ0v) is 17.6. The third-order valence-corrected chi connectivity index (χ3v) is 4.87. The molecule has 2 heterocycles. The molecule has 156 valence electrons. The van der Waals surface area contributed by atoms with Gasteiger partial charge in [0.05, 0.1) is 0 Å². The van der Waals surface area contributed by atoms with Crippen LogP contribution in [0.25, 0.3) is 11.1 Å². The first kappa shape index (κ1) is 24.9. The Balaban J connectivity index is 0.00000140. The zero-order chi connectivity index (χ0) is 17.8. The van der Waals surface area contributed by atoms with E-state index in [1.807, 2.05) is 12.4 Å². The fraction of sp³-hybridized carbons (Fsp3) is 0.227. The summed E-state index contributed by atoms with van der Waals surface area (Å²) in [5.74, 6) is -0.214. The number of nitrogens with zero attached hydrogens (tertiary/aromatic N) is 3. The summed E-state index contributed by atoms with van der Waals surface area (Å²) >= 11 is 0. The molecule has 0 unspecified atom stereocenters. The van der Waals surface area contributed by atoms with E-state index in [0.717, 1.165) is 43.9 Å². The van der Waals surface area contributed by atoms with Crippen molar-refractivity contribution in [1.82, 2.24) is 9.88 Å². The van der Waals surface area contributed by atoms with Gasteiger partial charge in [0.1, 0.15) is 5.82 Å². The molecule has 7 heteroatoms. The van der Waals surface area contributed by atoms with Crippen molar-refractivity contribution in [2.24, 2.45) is 0 Å². The summed E-state index contributed by atoms with van der Waals surface area (Å²) in [5.41, 5.74) is 4.52. The molecule has 0 atom stereocenters. The summed E-state index contributed by atoms with van der Waals surface area (Å²) in [6.45, 7) is 5.04. The van der Waals surface area contributed by atoms with Crippen LogP contribution in [0.5, 0.6) is 0 Å². The van der Waals surface area contributed by atoms with Crippen molar-refractivity contribution in [3.63, 3.8) is 0 Å². The number of anilines is 1. The van der Waals surface area contributed by atoms with E-state index in [2.05, 4.69) is 51.2 Å². The lowest BCUT2D eigenvalue weighted by atomic mass is 10.1. The molecule has 2 aromatic carbocycles. The lowest BCUT2D eigenvalue weighted by Crippen LogP contribution is -2.45. The van der Waals surface area contributed by atoms with E-state index >= 15 is 0 Å².